The number of rotatable bonds is 6. The van der Waals surface area contributed by atoms with Crippen molar-refractivity contribution in [2.45, 2.75) is 25.1 Å². The van der Waals surface area contributed by atoms with E-state index < -0.39 is 10.0 Å². The number of nitrogens with one attached hydrogen (secondary N) is 1. The standard InChI is InChI=1S/C18H21FN2O2S/c19-17-9-7-15(8-10-17)14-24(22,23)20-13-16-5-1-2-6-18(16)21-11-3-4-12-21/h1-2,5-10,20H,3-4,11-14H2. The first-order valence-electron chi connectivity index (χ1n) is 8.08. The van der Waals surface area contributed by atoms with Crippen LogP contribution < -0.4 is 9.62 Å². The molecule has 3 rings (SSSR count). The van der Waals surface area contributed by atoms with Crippen LogP contribution in [0.4, 0.5) is 10.1 Å². The molecule has 24 heavy (non-hydrogen) atoms. The zero-order chi connectivity index (χ0) is 17.0. The molecule has 2 aromatic carbocycles. The van der Waals surface area contributed by atoms with Gasteiger partial charge in [0.15, 0.2) is 0 Å². The summed E-state index contributed by atoms with van der Waals surface area (Å²) in [5.74, 6) is -0.525. The first kappa shape index (κ1) is 16.9. The van der Waals surface area contributed by atoms with E-state index in [4.69, 9.17) is 0 Å². The van der Waals surface area contributed by atoms with Crippen LogP contribution in [0.2, 0.25) is 0 Å². The Hall–Kier alpha value is -1.92. The van der Waals surface area contributed by atoms with Crippen LogP contribution in [0.3, 0.4) is 0 Å². The van der Waals surface area contributed by atoms with E-state index in [9.17, 15) is 12.8 Å². The predicted molar refractivity (Wildman–Crippen MR) is 93.8 cm³/mol. The van der Waals surface area contributed by atoms with Crippen LogP contribution in [0, 0.1) is 5.82 Å². The predicted octanol–water partition coefficient (Wildman–Crippen LogP) is 3.05. The average molecular weight is 348 g/mol. The first-order chi connectivity index (χ1) is 11.5. The van der Waals surface area contributed by atoms with Crippen LogP contribution in [0.15, 0.2) is 48.5 Å². The Morgan fingerprint density at radius 3 is 2.38 bits per heavy atom. The molecule has 4 nitrogen and oxygen atoms in total. The van der Waals surface area contributed by atoms with Crippen molar-refractivity contribution in [3.63, 3.8) is 0 Å². The van der Waals surface area contributed by atoms with Gasteiger partial charge in [0.2, 0.25) is 10.0 Å². The molecule has 0 atom stereocenters. The van der Waals surface area contributed by atoms with Gasteiger partial charge in [-0.1, -0.05) is 30.3 Å². The molecular weight excluding hydrogens is 327 g/mol. The van der Waals surface area contributed by atoms with Gasteiger partial charge < -0.3 is 4.90 Å². The number of hydrogen-bond donors (Lipinski definition) is 1. The second-order valence-electron chi connectivity index (χ2n) is 6.03. The van der Waals surface area contributed by atoms with Crippen LogP contribution >= 0.6 is 0 Å². The zero-order valence-electron chi connectivity index (χ0n) is 13.4. The number of para-hydroxylation sites is 1. The van der Waals surface area contributed by atoms with Crippen LogP contribution in [-0.4, -0.2) is 21.5 Å². The highest BCUT2D eigenvalue weighted by atomic mass is 32.2. The average Bonchev–Trinajstić information content (AvgIpc) is 3.10. The SMILES string of the molecule is O=S(=O)(Cc1ccc(F)cc1)NCc1ccccc1N1CCCC1. The Balaban J connectivity index is 1.67. The van der Waals surface area contributed by atoms with Gasteiger partial charge in [-0.05, 0) is 42.2 Å². The van der Waals surface area contributed by atoms with Crippen molar-refractivity contribution in [2.24, 2.45) is 0 Å². The highest BCUT2D eigenvalue weighted by Gasteiger charge is 2.17. The molecular formula is C18H21FN2O2S. The van der Waals surface area contributed by atoms with E-state index in [0.717, 1.165) is 24.3 Å². The molecule has 1 aliphatic rings. The minimum Gasteiger partial charge on any atom is -0.371 e. The van der Waals surface area contributed by atoms with Gasteiger partial charge in [0, 0.05) is 25.3 Å². The van der Waals surface area contributed by atoms with E-state index >= 15 is 0 Å². The fourth-order valence-electron chi connectivity index (χ4n) is 2.97. The summed E-state index contributed by atoms with van der Waals surface area (Å²) in [7, 11) is -3.48. The maximum atomic E-state index is 12.9. The van der Waals surface area contributed by atoms with Crippen molar-refractivity contribution in [2.75, 3.05) is 18.0 Å². The molecule has 0 amide bonds. The van der Waals surface area contributed by atoms with Crippen molar-refractivity contribution in [1.29, 1.82) is 0 Å². The molecule has 1 fully saturated rings. The van der Waals surface area contributed by atoms with E-state index in [-0.39, 0.29) is 18.1 Å². The van der Waals surface area contributed by atoms with E-state index in [1.165, 1.54) is 37.1 Å². The normalized spacial score (nSPS) is 15.0. The fraction of sp³-hybridized carbons (Fsp3) is 0.333. The first-order valence-corrected chi connectivity index (χ1v) is 9.73. The Kier molecular flexibility index (Phi) is 5.16. The molecule has 0 aliphatic carbocycles. The summed E-state index contributed by atoms with van der Waals surface area (Å²) in [5, 5.41) is 0. The summed E-state index contributed by atoms with van der Waals surface area (Å²) < 4.78 is 40.1. The van der Waals surface area contributed by atoms with Gasteiger partial charge in [-0.3, -0.25) is 0 Å². The van der Waals surface area contributed by atoms with Crippen molar-refractivity contribution in [3.05, 3.63) is 65.5 Å². The molecule has 0 unspecified atom stereocenters. The van der Waals surface area contributed by atoms with E-state index in [0.29, 0.717) is 5.56 Å². The second-order valence-corrected chi connectivity index (χ2v) is 7.84. The zero-order valence-corrected chi connectivity index (χ0v) is 14.2. The molecule has 1 saturated heterocycles. The highest BCUT2D eigenvalue weighted by molar-refractivity contribution is 7.88. The summed E-state index contributed by atoms with van der Waals surface area (Å²) in [4.78, 5) is 2.30. The minimum absolute atomic E-state index is 0.154. The molecule has 0 spiro atoms. The van der Waals surface area contributed by atoms with E-state index in [2.05, 4.69) is 9.62 Å². The third-order valence-electron chi connectivity index (χ3n) is 4.19. The molecule has 6 heteroatoms. The molecule has 1 heterocycles. The van der Waals surface area contributed by atoms with Gasteiger partial charge in [-0.25, -0.2) is 17.5 Å². The summed E-state index contributed by atoms with van der Waals surface area (Å²) in [5.41, 5.74) is 2.64. The number of halogens is 1. The van der Waals surface area contributed by atoms with Crippen molar-refractivity contribution >= 4 is 15.7 Å². The largest absolute Gasteiger partial charge is 0.371 e. The number of hydrogen-bond acceptors (Lipinski definition) is 3. The lowest BCUT2D eigenvalue weighted by atomic mass is 10.1. The maximum Gasteiger partial charge on any atom is 0.216 e. The summed E-state index contributed by atoms with van der Waals surface area (Å²) in [6.45, 7) is 2.29. The number of nitrogens with zero attached hydrogens (tertiary/aromatic N) is 1. The number of anilines is 1. The molecule has 0 radical (unpaired) electrons. The van der Waals surface area contributed by atoms with Gasteiger partial charge in [0.05, 0.1) is 5.75 Å². The molecule has 1 N–H and O–H groups in total. The van der Waals surface area contributed by atoms with Gasteiger partial charge in [-0.15, -0.1) is 0 Å². The molecule has 0 aromatic heterocycles. The van der Waals surface area contributed by atoms with Gasteiger partial charge in [0.1, 0.15) is 5.82 Å². The van der Waals surface area contributed by atoms with Crippen LogP contribution in [0.25, 0.3) is 0 Å². The van der Waals surface area contributed by atoms with Gasteiger partial charge in [-0.2, -0.15) is 0 Å². The van der Waals surface area contributed by atoms with Gasteiger partial charge in [0.25, 0.3) is 0 Å². The Bertz CT molecular complexity index is 785. The van der Waals surface area contributed by atoms with Gasteiger partial charge >= 0.3 is 0 Å². The van der Waals surface area contributed by atoms with E-state index in [1.54, 1.807) is 0 Å². The van der Waals surface area contributed by atoms with Crippen molar-refractivity contribution in [3.8, 4) is 0 Å². The lowest BCUT2D eigenvalue weighted by Crippen LogP contribution is -2.26. The monoisotopic (exact) mass is 348 g/mol. The molecule has 2 aromatic rings. The smallest absolute Gasteiger partial charge is 0.216 e. The third kappa shape index (κ3) is 4.33. The quantitative estimate of drug-likeness (QED) is 0.873. The number of benzene rings is 2. The highest BCUT2D eigenvalue weighted by Crippen LogP contribution is 2.24. The number of sulfonamides is 1. The molecule has 1 aliphatic heterocycles. The minimum atomic E-state index is -3.48. The summed E-state index contributed by atoms with van der Waals surface area (Å²) in [6.07, 6.45) is 2.34. The molecule has 0 bridgehead atoms. The lowest BCUT2D eigenvalue weighted by molar-refractivity contribution is 0.580. The summed E-state index contributed by atoms with van der Waals surface area (Å²) >= 11 is 0. The molecule has 128 valence electrons. The van der Waals surface area contributed by atoms with Crippen molar-refractivity contribution < 1.29 is 12.8 Å². The Morgan fingerprint density at radius 1 is 1.00 bits per heavy atom. The molecule has 0 saturated carbocycles. The van der Waals surface area contributed by atoms with Crippen LogP contribution in [0.1, 0.15) is 24.0 Å². The fourth-order valence-corrected chi connectivity index (χ4v) is 4.07. The third-order valence-corrected chi connectivity index (χ3v) is 5.49. The van der Waals surface area contributed by atoms with Crippen molar-refractivity contribution in [1.82, 2.24) is 4.72 Å². The van der Waals surface area contributed by atoms with Crippen LogP contribution in [0.5, 0.6) is 0 Å². The Labute approximate surface area is 142 Å². The summed E-state index contributed by atoms with van der Waals surface area (Å²) in [6, 6.07) is 13.4. The lowest BCUT2D eigenvalue weighted by Gasteiger charge is -2.21. The van der Waals surface area contributed by atoms with E-state index in [1.807, 2.05) is 24.3 Å². The van der Waals surface area contributed by atoms with Crippen LogP contribution in [-0.2, 0) is 22.3 Å². The maximum absolute atomic E-state index is 12.9. The topological polar surface area (TPSA) is 49.4 Å². The second kappa shape index (κ2) is 7.32. The Morgan fingerprint density at radius 2 is 1.67 bits per heavy atom.